The van der Waals surface area contributed by atoms with Crippen molar-refractivity contribution < 1.29 is 19.1 Å². The lowest BCUT2D eigenvalue weighted by Crippen LogP contribution is -2.30. The van der Waals surface area contributed by atoms with Crippen molar-refractivity contribution in [1.82, 2.24) is 0 Å². The molecule has 6 heteroatoms. The molecule has 0 aliphatic heterocycles. The summed E-state index contributed by atoms with van der Waals surface area (Å²) < 4.78 is 11.2. The van der Waals surface area contributed by atoms with Crippen LogP contribution in [0.2, 0.25) is 0 Å². The standard InChI is InChI=1S/C19H20BrNO4/c1-12-8-9-16(15(20)10-12)21-19(23)13(2)25-18(22)11-14-6-4-5-7-17(14)24-3/h4-10,13H,11H2,1-3H3,(H,21,23)/t13-/m1/s1. The Kier molecular flexibility index (Phi) is 6.58. The topological polar surface area (TPSA) is 64.6 Å². The van der Waals surface area contributed by atoms with E-state index in [9.17, 15) is 9.59 Å². The fourth-order valence-corrected chi connectivity index (χ4v) is 2.85. The van der Waals surface area contributed by atoms with E-state index in [2.05, 4.69) is 21.2 Å². The fraction of sp³-hybridized carbons (Fsp3) is 0.263. The maximum absolute atomic E-state index is 12.2. The van der Waals surface area contributed by atoms with Gasteiger partial charge in [-0.25, -0.2) is 0 Å². The van der Waals surface area contributed by atoms with Crippen LogP contribution in [0.1, 0.15) is 18.1 Å². The van der Waals surface area contributed by atoms with Gasteiger partial charge in [-0.1, -0.05) is 24.3 Å². The van der Waals surface area contributed by atoms with Gasteiger partial charge < -0.3 is 14.8 Å². The van der Waals surface area contributed by atoms with E-state index in [1.807, 2.05) is 31.2 Å². The number of rotatable bonds is 6. The normalized spacial score (nSPS) is 11.5. The highest BCUT2D eigenvalue weighted by atomic mass is 79.9. The number of amides is 1. The predicted octanol–water partition coefficient (Wildman–Crippen LogP) is 3.88. The summed E-state index contributed by atoms with van der Waals surface area (Å²) in [4.78, 5) is 24.3. The zero-order chi connectivity index (χ0) is 18.4. The number of aryl methyl sites for hydroxylation is 1. The highest BCUT2D eigenvalue weighted by Crippen LogP contribution is 2.24. The van der Waals surface area contributed by atoms with E-state index in [1.165, 1.54) is 6.92 Å². The van der Waals surface area contributed by atoms with Crippen LogP contribution < -0.4 is 10.1 Å². The third-order valence-electron chi connectivity index (χ3n) is 3.59. The SMILES string of the molecule is COc1ccccc1CC(=O)O[C@H](C)C(=O)Nc1ccc(C)cc1Br. The number of esters is 1. The van der Waals surface area contributed by atoms with Gasteiger partial charge in [0, 0.05) is 10.0 Å². The molecule has 132 valence electrons. The molecule has 0 aliphatic carbocycles. The molecular formula is C19H20BrNO4. The molecule has 0 fully saturated rings. The van der Waals surface area contributed by atoms with Gasteiger partial charge in [0.25, 0.3) is 5.91 Å². The number of carbonyl (C=O) groups excluding carboxylic acids is 2. The van der Waals surface area contributed by atoms with Gasteiger partial charge in [0.15, 0.2) is 6.10 Å². The van der Waals surface area contributed by atoms with Gasteiger partial charge in [-0.3, -0.25) is 9.59 Å². The Morgan fingerprint density at radius 2 is 1.92 bits per heavy atom. The Morgan fingerprint density at radius 3 is 2.60 bits per heavy atom. The molecule has 1 N–H and O–H groups in total. The first-order valence-electron chi connectivity index (χ1n) is 7.79. The molecule has 0 saturated heterocycles. The molecule has 25 heavy (non-hydrogen) atoms. The molecule has 0 spiro atoms. The average molecular weight is 406 g/mol. The number of nitrogens with one attached hydrogen (secondary N) is 1. The molecule has 0 unspecified atom stereocenters. The number of anilines is 1. The molecule has 0 radical (unpaired) electrons. The van der Waals surface area contributed by atoms with Crippen LogP contribution in [-0.4, -0.2) is 25.1 Å². The summed E-state index contributed by atoms with van der Waals surface area (Å²) in [5.74, 6) is -0.270. The quantitative estimate of drug-likeness (QED) is 0.740. The van der Waals surface area contributed by atoms with Crippen molar-refractivity contribution in [2.24, 2.45) is 0 Å². The van der Waals surface area contributed by atoms with E-state index < -0.39 is 18.0 Å². The molecule has 2 rings (SSSR count). The molecular weight excluding hydrogens is 386 g/mol. The van der Waals surface area contributed by atoms with Crippen molar-refractivity contribution in [3.8, 4) is 5.75 Å². The van der Waals surface area contributed by atoms with Gasteiger partial charge >= 0.3 is 5.97 Å². The largest absolute Gasteiger partial charge is 0.496 e. The Hall–Kier alpha value is -2.34. The minimum Gasteiger partial charge on any atom is -0.496 e. The number of carbonyl (C=O) groups is 2. The van der Waals surface area contributed by atoms with Crippen LogP contribution in [0.3, 0.4) is 0 Å². The van der Waals surface area contributed by atoms with Gasteiger partial charge in [-0.15, -0.1) is 0 Å². The molecule has 0 bridgehead atoms. The van der Waals surface area contributed by atoms with E-state index in [1.54, 1.807) is 25.3 Å². The maximum atomic E-state index is 12.2. The summed E-state index contributed by atoms with van der Waals surface area (Å²) in [6.45, 7) is 3.50. The number of benzene rings is 2. The number of para-hydroxylation sites is 1. The Balaban J connectivity index is 1.95. The monoisotopic (exact) mass is 405 g/mol. The number of ether oxygens (including phenoxy) is 2. The minimum absolute atomic E-state index is 0.0376. The smallest absolute Gasteiger partial charge is 0.311 e. The number of hydrogen-bond donors (Lipinski definition) is 1. The van der Waals surface area contributed by atoms with Crippen LogP contribution in [0.4, 0.5) is 5.69 Å². The molecule has 0 aromatic heterocycles. The minimum atomic E-state index is -0.907. The summed E-state index contributed by atoms with van der Waals surface area (Å²) in [5, 5.41) is 2.74. The van der Waals surface area contributed by atoms with Crippen molar-refractivity contribution >= 4 is 33.5 Å². The van der Waals surface area contributed by atoms with Crippen LogP contribution >= 0.6 is 15.9 Å². The molecule has 0 heterocycles. The van der Waals surface area contributed by atoms with Crippen molar-refractivity contribution in [3.05, 3.63) is 58.1 Å². The second-order valence-corrected chi connectivity index (χ2v) is 6.45. The first kappa shape index (κ1) is 19.0. The van der Waals surface area contributed by atoms with Crippen molar-refractivity contribution in [3.63, 3.8) is 0 Å². The van der Waals surface area contributed by atoms with Crippen LogP contribution in [0.15, 0.2) is 46.9 Å². The Morgan fingerprint density at radius 1 is 1.20 bits per heavy atom. The van der Waals surface area contributed by atoms with Gasteiger partial charge in [0.2, 0.25) is 0 Å². The Labute approximate surface area is 155 Å². The molecule has 0 aliphatic rings. The number of halogens is 1. The van der Waals surface area contributed by atoms with Crippen LogP contribution in [0, 0.1) is 6.92 Å². The zero-order valence-corrected chi connectivity index (χ0v) is 15.9. The molecule has 5 nitrogen and oxygen atoms in total. The van der Waals surface area contributed by atoms with Gasteiger partial charge in [0.05, 0.1) is 19.2 Å². The van der Waals surface area contributed by atoms with E-state index >= 15 is 0 Å². The molecule has 2 aromatic rings. The molecule has 1 amide bonds. The summed E-state index contributed by atoms with van der Waals surface area (Å²) in [7, 11) is 1.54. The first-order chi connectivity index (χ1) is 11.9. The lowest BCUT2D eigenvalue weighted by molar-refractivity contribution is -0.152. The van der Waals surface area contributed by atoms with Crippen LogP contribution in [0.5, 0.6) is 5.75 Å². The summed E-state index contributed by atoms with van der Waals surface area (Å²) in [5.41, 5.74) is 2.41. The van der Waals surface area contributed by atoms with Crippen molar-refractivity contribution in [2.45, 2.75) is 26.4 Å². The Bertz CT molecular complexity index is 776. The fourth-order valence-electron chi connectivity index (χ4n) is 2.25. The van der Waals surface area contributed by atoms with Gasteiger partial charge in [-0.2, -0.15) is 0 Å². The maximum Gasteiger partial charge on any atom is 0.311 e. The lowest BCUT2D eigenvalue weighted by Gasteiger charge is -2.15. The third kappa shape index (κ3) is 5.32. The molecule has 2 aromatic carbocycles. The summed E-state index contributed by atoms with van der Waals surface area (Å²) in [6, 6.07) is 12.8. The molecule has 0 saturated carbocycles. The highest BCUT2D eigenvalue weighted by molar-refractivity contribution is 9.10. The van der Waals surface area contributed by atoms with Crippen LogP contribution in [-0.2, 0) is 20.7 Å². The van der Waals surface area contributed by atoms with E-state index in [4.69, 9.17) is 9.47 Å². The van der Waals surface area contributed by atoms with Gasteiger partial charge in [-0.05, 0) is 53.5 Å². The van der Waals surface area contributed by atoms with Crippen LogP contribution in [0.25, 0.3) is 0 Å². The lowest BCUT2D eigenvalue weighted by atomic mass is 10.1. The third-order valence-corrected chi connectivity index (χ3v) is 4.24. The van der Waals surface area contributed by atoms with E-state index in [0.717, 1.165) is 10.0 Å². The predicted molar refractivity (Wildman–Crippen MR) is 99.8 cm³/mol. The average Bonchev–Trinajstić information content (AvgIpc) is 2.57. The second kappa shape index (κ2) is 8.67. The second-order valence-electron chi connectivity index (χ2n) is 5.59. The molecule has 1 atom stereocenters. The van der Waals surface area contributed by atoms with E-state index in [0.29, 0.717) is 17.0 Å². The van der Waals surface area contributed by atoms with E-state index in [-0.39, 0.29) is 6.42 Å². The number of methoxy groups -OCH3 is 1. The first-order valence-corrected chi connectivity index (χ1v) is 8.58. The highest BCUT2D eigenvalue weighted by Gasteiger charge is 2.19. The zero-order valence-electron chi connectivity index (χ0n) is 14.3. The van der Waals surface area contributed by atoms with Crippen molar-refractivity contribution in [2.75, 3.05) is 12.4 Å². The number of hydrogen-bond acceptors (Lipinski definition) is 4. The van der Waals surface area contributed by atoms with Crippen molar-refractivity contribution in [1.29, 1.82) is 0 Å². The van der Waals surface area contributed by atoms with Gasteiger partial charge in [0.1, 0.15) is 5.75 Å². The summed E-state index contributed by atoms with van der Waals surface area (Å²) in [6.07, 6.45) is -0.869. The summed E-state index contributed by atoms with van der Waals surface area (Å²) >= 11 is 3.40.